The average Bonchev–Trinajstić information content (AvgIpc) is 2.98. The van der Waals surface area contributed by atoms with E-state index in [0.29, 0.717) is 12.0 Å². The molecule has 2 atom stereocenters. The van der Waals surface area contributed by atoms with E-state index < -0.39 is 0 Å². The topological polar surface area (TPSA) is 12.0 Å². The molecule has 3 rings (SSSR count). The Kier molecular flexibility index (Phi) is 4.00. The summed E-state index contributed by atoms with van der Waals surface area (Å²) < 4.78 is 0. The quantitative estimate of drug-likeness (QED) is 0.862. The number of likely N-dealkylation sites (N-methyl/N-ethyl adjacent to an activating group) is 1. The molecule has 1 heterocycles. The fourth-order valence-corrected chi connectivity index (χ4v) is 4.13. The molecule has 1 aliphatic rings. The number of hydrogen-bond acceptors (Lipinski definition) is 2. The lowest BCUT2D eigenvalue weighted by Crippen LogP contribution is -2.28. The zero-order valence-electron chi connectivity index (χ0n) is 11.4. The van der Waals surface area contributed by atoms with Crippen molar-refractivity contribution in [3.8, 4) is 0 Å². The van der Waals surface area contributed by atoms with Crippen LogP contribution in [0.4, 0.5) is 0 Å². The van der Waals surface area contributed by atoms with Gasteiger partial charge in [-0.1, -0.05) is 37.3 Å². The van der Waals surface area contributed by atoms with Crippen LogP contribution in [0, 0.1) is 0 Å². The van der Waals surface area contributed by atoms with Gasteiger partial charge in [-0.25, -0.2) is 0 Å². The molecule has 2 unspecified atom stereocenters. The molecular weight excluding hydrogens is 250 g/mol. The van der Waals surface area contributed by atoms with Crippen molar-refractivity contribution in [2.24, 2.45) is 0 Å². The number of benzene rings is 1. The first-order valence-corrected chi connectivity index (χ1v) is 8.12. The smallest absolute Gasteiger partial charge is 0.0484 e. The fraction of sp³-hybridized carbons (Fsp3) is 0.412. The first-order chi connectivity index (χ1) is 9.40. The molecule has 0 aliphatic heterocycles. The number of hydrogen-bond donors (Lipinski definition) is 1. The van der Waals surface area contributed by atoms with Gasteiger partial charge in [-0.3, -0.25) is 0 Å². The Labute approximate surface area is 119 Å². The Morgan fingerprint density at radius 1 is 1.26 bits per heavy atom. The van der Waals surface area contributed by atoms with Crippen LogP contribution in [0.15, 0.2) is 41.8 Å². The monoisotopic (exact) mass is 271 g/mol. The van der Waals surface area contributed by atoms with Crippen LogP contribution in [0.25, 0.3) is 0 Å². The van der Waals surface area contributed by atoms with Crippen LogP contribution in [0.5, 0.6) is 0 Å². The van der Waals surface area contributed by atoms with Crippen LogP contribution in [-0.2, 0) is 6.42 Å². The molecule has 0 saturated heterocycles. The number of fused-ring (bicyclic) bond motifs is 1. The highest BCUT2D eigenvalue weighted by atomic mass is 32.1. The van der Waals surface area contributed by atoms with Crippen LogP contribution in [-0.4, -0.2) is 6.54 Å². The number of rotatable bonds is 4. The molecule has 0 saturated carbocycles. The summed E-state index contributed by atoms with van der Waals surface area (Å²) in [5.74, 6) is 0.628. The SMILES string of the molecule is CCNC(c1cccs1)C1CCCc2ccccc21. The summed E-state index contributed by atoms with van der Waals surface area (Å²) in [5.41, 5.74) is 3.12. The zero-order valence-corrected chi connectivity index (χ0v) is 12.2. The standard InChI is InChI=1S/C17H21NS/c1-2-18-17(16-11-6-12-19-16)15-10-5-8-13-7-3-4-9-14(13)15/h3-4,6-7,9,11-12,15,17-18H,2,5,8,10H2,1H3. The van der Waals surface area contributed by atoms with Crippen molar-refractivity contribution in [2.45, 2.75) is 38.1 Å². The molecule has 100 valence electrons. The minimum Gasteiger partial charge on any atom is -0.309 e. The van der Waals surface area contributed by atoms with Crippen molar-refractivity contribution in [3.05, 3.63) is 57.8 Å². The largest absolute Gasteiger partial charge is 0.309 e. The summed E-state index contributed by atoms with van der Waals surface area (Å²) in [7, 11) is 0. The van der Waals surface area contributed by atoms with Gasteiger partial charge in [0, 0.05) is 16.8 Å². The highest BCUT2D eigenvalue weighted by Gasteiger charge is 2.28. The van der Waals surface area contributed by atoms with Crippen LogP contribution < -0.4 is 5.32 Å². The summed E-state index contributed by atoms with van der Waals surface area (Å²) >= 11 is 1.88. The molecule has 0 radical (unpaired) electrons. The van der Waals surface area contributed by atoms with Crippen molar-refractivity contribution >= 4 is 11.3 Å². The van der Waals surface area contributed by atoms with Crippen molar-refractivity contribution in [3.63, 3.8) is 0 Å². The highest BCUT2D eigenvalue weighted by molar-refractivity contribution is 7.10. The van der Waals surface area contributed by atoms with E-state index in [0.717, 1.165) is 6.54 Å². The number of aryl methyl sites for hydroxylation is 1. The molecule has 19 heavy (non-hydrogen) atoms. The Bertz CT molecular complexity index is 518. The van der Waals surface area contributed by atoms with Gasteiger partial charge in [0.1, 0.15) is 0 Å². The minimum absolute atomic E-state index is 0.478. The van der Waals surface area contributed by atoms with Crippen LogP contribution in [0.1, 0.15) is 47.7 Å². The van der Waals surface area contributed by atoms with Gasteiger partial charge in [0.15, 0.2) is 0 Å². The van der Waals surface area contributed by atoms with Gasteiger partial charge in [0.25, 0.3) is 0 Å². The van der Waals surface area contributed by atoms with E-state index in [9.17, 15) is 0 Å². The van der Waals surface area contributed by atoms with Crippen LogP contribution in [0.2, 0.25) is 0 Å². The third-order valence-corrected chi connectivity index (χ3v) is 5.05. The lowest BCUT2D eigenvalue weighted by Gasteiger charge is -2.32. The molecule has 1 aromatic heterocycles. The van der Waals surface area contributed by atoms with Gasteiger partial charge in [0.05, 0.1) is 0 Å². The fourth-order valence-electron chi connectivity index (χ4n) is 3.27. The lowest BCUT2D eigenvalue weighted by atomic mass is 9.78. The summed E-state index contributed by atoms with van der Waals surface area (Å²) in [6.07, 6.45) is 3.86. The first-order valence-electron chi connectivity index (χ1n) is 7.24. The zero-order chi connectivity index (χ0) is 13.1. The summed E-state index contributed by atoms with van der Waals surface area (Å²) in [6, 6.07) is 13.9. The Hall–Kier alpha value is -1.12. The summed E-state index contributed by atoms with van der Waals surface area (Å²) in [5, 5.41) is 5.89. The van der Waals surface area contributed by atoms with Crippen LogP contribution in [0.3, 0.4) is 0 Å². The second kappa shape index (κ2) is 5.89. The Morgan fingerprint density at radius 2 is 2.16 bits per heavy atom. The van der Waals surface area contributed by atoms with E-state index in [1.807, 2.05) is 11.3 Å². The second-order valence-electron chi connectivity index (χ2n) is 5.25. The van der Waals surface area contributed by atoms with Gasteiger partial charge in [-0.15, -0.1) is 11.3 Å². The maximum absolute atomic E-state index is 3.71. The molecule has 0 fully saturated rings. The van der Waals surface area contributed by atoms with Crippen LogP contribution >= 0.6 is 11.3 Å². The van der Waals surface area contributed by atoms with Gasteiger partial charge in [0.2, 0.25) is 0 Å². The maximum Gasteiger partial charge on any atom is 0.0484 e. The van der Waals surface area contributed by atoms with Gasteiger partial charge >= 0.3 is 0 Å². The van der Waals surface area contributed by atoms with Gasteiger partial charge in [-0.05, 0) is 48.4 Å². The van der Waals surface area contributed by atoms with E-state index >= 15 is 0 Å². The molecule has 0 spiro atoms. The summed E-state index contributed by atoms with van der Waals surface area (Å²) in [4.78, 5) is 1.48. The molecular formula is C17H21NS. The third-order valence-electron chi connectivity index (χ3n) is 4.09. The lowest BCUT2D eigenvalue weighted by molar-refractivity contribution is 0.413. The van der Waals surface area contributed by atoms with E-state index in [2.05, 4.69) is 54.0 Å². The molecule has 2 aromatic rings. The number of thiophene rings is 1. The van der Waals surface area contributed by atoms with Gasteiger partial charge < -0.3 is 5.32 Å². The summed E-state index contributed by atoms with van der Waals surface area (Å²) in [6.45, 7) is 3.23. The molecule has 2 heteroatoms. The van der Waals surface area contributed by atoms with Crippen molar-refractivity contribution in [2.75, 3.05) is 6.54 Å². The second-order valence-corrected chi connectivity index (χ2v) is 6.23. The molecule has 0 bridgehead atoms. The minimum atomic E-state index is 0.478. The van der Waals surface area contributed by atoms with E-state index in [-0.39, 0.29) is 0 Å². The molecule has 1 aromatic carbocycles. The molecule has 1 nitrogen and oxygen atoms in total. The highest BCUT2D eigenvalue weighted by Crippen LogP contribution is 2.41. The first kappa shape index (κ1) is 12.9. The average molecular weight is 271 g/mol. The third kappa shape index (κ3) is 2.60. The Morgan fingerprint density at radius 3 is 2.95 bits per heavy atom. The Balaban J connectivity index is 1.96. The maximum atomic E-state index is 3.71. The van der Waals surface area contributed by atoms with E-state index in [1.54, 1.807) is 11.1 Å². The number of nitrogens with one attached hydrogen (secondary N) is 1. The molecule has 0 amide bonds. The molecule has 1 aliphatic carbocycles. The predicted molar refractivity (Wildman–Crippen MR) is 82.9 cm³/mol. The molecule has 1 N–H and O–H groups in total. The van der Waals surface area contributed by atoms with E-state index in [4.69, 9.17) is 0 Å². The van der Waals surface area contributed by atoms with Gasteiger partial charge in [-0.2, -0.15) is 0 Å². The van der Waals surface area contributed by atoms with Crippen molar-refractivity contribution < 1.29 is 0 Å². The van der Waals surface area contributed by atoms with E-state index in [1.165, 1.54) is 24.1 Å². The van der Waals surface area contributed by atoms with Crippen molar-refractivity contribution in [1.29, 1.82) is 0 Å². The normalized spacial score (nSPS) is 19.9. The predicted octanol–water partition coefficient (Wildman–Crippen LogP) is 4.52. The van der Waals surface area contributed by atoms with Crippen molar-refractivity contribution in [1.82, 2.24) is 5.32 Å².